The lowest BCUT2D eigenvalue weighted by atomic mass is 10.1. The molecule has 0 bridgehead atoms. The van der Waals surface area contributed by atoms with E-state index >= 15 is 0 Å². The monoisotopic (exact) mass is 267 g/mol. The molecule has 1 rings (SSSR count). The van der Waals surface area contributed by atoms with Gasteiger partial charge in [0.25, 0.3) is 0 Å². The van der Waals surface area contributed by atoms with Crippen LogP contribution in [-0.2, 0) is 0 Å². The van der Waals surface area contributed by atoms with Crippen molar-refractivity contribution in [3.05, 3.63) is 29.8 Å². The first-order valence-corrected chi connectivity index (χ1v) is 7.53. The molecule has 0 aliphatic rings. The molecule has 0 amide bonds. The van der Waals surface area contributed by atoms with Gasteiger partial charge in [0.1, 0.15) is 0 Å². The van der Waals surface area contributed by atoms with Gasteiger partial charge >= 0.3 is 0 Å². The third kappa shape index (κ3) is 6.43. The summed E-state index contributed by atoms with van der Waals surface area (Å²) in [6, 6.07) is 8.64. The van der Waals surface area contributed by atoms with Crippen LogP contribution in [0.15, 0.2) is 29.2 Å². The average molecular weight is 267 g/mol. The van der Waals surface area contributed by atoms with Crippen molar-refractivity contribution in [1.29, 1.82) is 0 Å². The Bertz CT molecular complexity index is 343. The van der Waals surface area contributed by atoms with Crippen LogP contribution < -0.4 is 0 Å². The number of rotatable bonds is 7. The molecule has 0 saturated heterocycles. The minimum atomic E-state index is -0.607. The molecule has 0 heterocycles. The molecule has 18 heavy (non-hydrogen) atoms. The summed E-state index contributed by atoms with van der Waals surface area (Å²) in [5.41, 5.74) is 0.696. The highest BCUT2D eigenvalue weighted by Crippen LogP contribution is 2.18. The number of aryl methyl sites for hydroxylation is 1. The van der Waals surface area contributed by atoms with Crippen LogP contribution in [0.2, 0.25) is 0 Å². The number of hydrogen-bond donors (Lipinski definition) is 1. The first-order valence-electron chi connectivity index (χ1n) is 6.55. The van der Waals surface area contributed by atoms with Crippen molar-refractivity contribution in [3.63, 3.8) is 0 Å². The van der Waals surface area contributed by atoms with E-state index in [9.17, 15) is 5.11 Å². The van der Waals surface area contributed by atoms with E-state index in [4.69, 9.17) is 0 Å². The molecule has 1 aromatic carbocycles. The van der Waals surface area contributed by atoms with Crippen LogP contribution in [0.5, 0.6) is 0 Å². The SMILES string of the molecule is CCN(CCSc1ccc(C)cc1)CC(C)(C)O. The molecule has 102 valence electrons. The van der Waals surface area contributed by atoms with Crippen molar-refractivity contribution in [1.82, 2.24) is 4.90 Å². The molecule has 0 unspecified atom stereocenters. The molecule has 3 heteroatoms. The molecule has 0 radical (unpaired) electrons. The van der Waals surface area contributed by atoms with Crippen LogP contribution >= 0.6 is 11.8 Å². The zero-order valence-electron chi connectivity index (χ0n) is 11.9. The Morgan fingerprint density at radius 2 is 1.83 bits per heavy atom. The summed E-state index contributed by atoms with van der Waals surface area (Å²) in [5, 5.41) is 9.82. The van der Waals surface area contributed by atoms with Crippen LogP contribution in [0.4, 0.5) is 0 Å². The summed E-state index contributed by atoms with van der Waals surface area (Å²) in [6.45, 7) is 10.7. The fourth-order valence-corrected chi connectivity index (χ4v) is 2.74. The third-order valence-corrected chi connectivity index (χ3v) is 3.75. The predicted molar refractivity (Wildman–Crippen MR) is 80.3 cm³/mol. The van der Waals surface area contributed by atoms with Gasteiger partial charge in [-0.2, -0.15) is 0 Å². The molecule has 0 aliphatic carbocycles. The van der Waals surface area contributed by atoms with Crippen molar-refractivity contribution in [2.75, 3.05) is 25.4 Å². The molecule has 0 aliphatic heterocycles. The van der Waals surface area contributed by atoms with Gasteiger partial charge in [-0.1, -0.05) is 24.6 Å². The predicted octanol–water partition coefficient (Wildman–Crippen LogP) is 3.18. The number of aliphatic hydroxyl groups is 1. The maximum atomic E-state index is 9.82. The van der Waals surface area contributed by atoms with E-state index < -0.39 is 5.60 Å². The van der Waals surface area contributed by atoms with E-state index in [1.807, 2.05) is 25.6 Å². The first kappa shape index (κ1) is 15.5. The van der Waals surface area contributed by atoms with Crippen LogP contribution in [0.25, 0.3) is 0 Å². The molecule has 0 spiro atoms. The Morgan fingerprint density at radius 1 is 1.22 bits per heavy atom. The largest absolute Gasteiger partial charge is 0.389 e. The number of thioether (sulfide) groups is 1. The van der Waals surface area contributed by atoms with Crippen molar-refractivity contribution in [2.24, 2.45) is 0 Å². The highest BCUT2D eigenvalue weighted by atomic mass is 32.2. The van der Waals surface area contributed by atoms with Crippen molar-refractivity contribution < 1.29 is 5.11 Å². The number of hydrogen-bond acceptors (Lipinski definition) is 3. The van der Waals surface area contributed by atoms with Gasteiger partial charge < -0.3 is 5.11 Å². The fourth-order valence-electron chi connectivity index (χ4n) is 1.82. The van der Waals surface area contributed by atoms with Gasteiger partial charge in [0.2, 0.25) is 0 Å². The van der Waals surface area contributed by atoms with E-state index in [2.05, 4.69) is 43.0 Å². The molecular weight excluding hydrogens is 242 g/mol. The summed E-state index contributed by atoms with van der Waals surface area (Å²) >= 11 is 1.88. The molecule has 0 saturated carbocycles. The zero-order chi connectivity index (χ0) is 13.6. The van der Waals surface area contributed by atoms with E-state index in [0.29, 0.717) is 0 Å². The topological polar surface area (TPSA) is 23.5 Å². The van der Waals surface area contributed by atoms with Gasteiger partial charge in [0.15, 0.2) is 0 Å². The second kappa shape index (κ2) is 7.17. The Balaban J connectivity index is 2.33. The molecule has 1 aromatic rings. The molecular formula is C15H25NOS. The van der Waals surface area contributed by atoms with E-state index in [1.165, 1.54) is 10.5 Å². The summed E-state index contributed by atoms with van der Waals surface area (Å²) in [4.78, 5) is 3.61. The molecule has 1 N–H and O–H groups in total. The lowest BCUT2D eigenvalue weighted by molar-refractivity contribution is 0.0400. The molecule has 0 aromatic heterocycles. The zero-order valence-corrected chi connectivity index (χ0v) is 12.8. The number of nitrogens with zero attached hydrogens (tertiary/aromatic N) is 1. The maximum Gasteiger partial charge on any atom is 0.0718 e. The Kier molecular flexibility index (Phi) is 6.19. The van der Waals surface area contributed by atoms with Crippen LogP contribution in [0.1, 0.15) is 26.3 Å². The van der Waals surface area contributed by atoms with Crippen molar-refractivity contribution >= 4 is 11.8 Å². The van der Waals surface area contributed by atoms with Crippen LogP contribution in [-0.4, -0.2) is 41.0 Å². The Morgan fingerprint density at radius 3 is 2.33 bits per heavy atom. The minimum absolute atomic E-state index is 0.607. The van der Waals surface area contributed by atoms with Gasteiger partial charge in [-0.25, -0.2) is 0 Å². The molecule has 0 fully saturated rings. The van der Waals surface area contributed by atoms with Crippen molar-refractivity contribution in [3.8, 4) is 0 Å². The summed E-state index contributed by atoms with van der Waals surface area (Å²) in [6.07, 6.45) is 0. The first-order chi connectivity index (χ1) is 8.40. The van der Waals surface area contributed by atoms with Gasteiger partial charge in [0.05, 0.1) is 5.60 Å². The average Bonchev–Trinajstić information content (AvgIpc) is 2.29. The Labute approximate surface area is 115 Å². The van der Waals surface area contributed by atoms with E-state index in [0.717, 1.165) is 25.4 Å². The highest BCUT2D eigenvalue weighted by Gasteiger charge is 2.16. The summed E-state index contributed by atoms with van der Waals surface area (Å²) in [5.74, 6) is 1.06. The lowest BCUT2D eigenvalue weighted by Gasteiger charge is -2.27. The van der Waals surface area contributed by atoms with Gasteiger partial charge in [-0.15, -0.1) is 11.8 Å². The standard InChI is InChI=1S/C15H25NOS/c1-5-16(12-15(3,4)17)10-11-18-14-8-6-13(2)7-9-14/h6-9,17H,5,10-12H2,1-4H3. The second-order valence-corrected chi connectivity index (χ2v) is 6.51. The number of likely N-dealkylation sites (N-methyl/N-ethyl adjacent to an activating group) is 1. The normalized spacial score (nSPS) is 12.1. The van der Waals surface area contributed by atoms with E-state index in [1.54, 1.807) is 0 Å². The van der Waals surface area contributed by atoms with Gasteiger partial charge in [0, 0.05) is 23.7 Å². The van der Waals surface area contributed by atoms with Gasteiger partial charge in [-0.05, 0) is 39.4 Å². The van der Waals surface area contributed by atoms with Crippen molar-refractivity contribution in [2.45, 2.75) is 38.2 Å². The smallest absolute Gasteiger partial charge is 0.0718 e. The summed E-state index contributed by atoms with van der Waals surface area (Å²) in [7, 11) is 0. The quantitative estimate of drug-likeness (QED) is 0.768. The van der Waals surface area contributed by atoms with Gasteiger partial charge in [-0.3, -0.25) is 4.90 Å². The lowest BCUT2D eigenvalue weighted by Crippen LogP contribution is -2.39. The molecule has 2 nitrogen and oxygen atoms in total. The maximum absolute atomic E-state index is 9.82. The van der Waals surface area contributed by atoms with Crippen LogP contribution in [0.3, 0.4) is 0 Å². The summed E-state index contributed by atoms with van der Waals surface area (Å²) < 4.78 is 0. The Hall–Kier alpha value is -0.510. The fraction of sp³-hybridized carbons (Fsp3) is 0.600. The minimum Gasteiger partial charge on any atom is -0.389 e. The third-order valence-electron chi connectivity index (χ3n) is 2.75. The van der Waals surface area contributed by atoms with Crippen LogP contribution in [0, 0.1) is 6.92 Å². The molecule has 0 atom stereocenters. The second-order valence-electron chi connectivity index (χ2n) is 5.34. The van der Waals surface area contributed by atoms with E-state index in [-0.39, 0.29) is 0 Å². The number of benzene rings is 1. The highest BCUT2D eigenvalue weighted by molar-refractivity contribution is 7.99.